The van der Waals surface area contributed by atoms with Gasteiger partial charge in [-0.2, -0.15) is 0 Å². The Morgan fingerprint density at radius 2 is 2.06 bits per heavy atom. The van der Waals surface area contributed by atoms with E-state index in [0.29, 0.717) is 13.2 Å². The lowest BCUT2D eigenvalue weighted by Crippen LogP contribution is -2.42. The van der Waals surface area contributed by atoms with Gasteiger partial charge in [0.1, 0.15) is 0 Å². The lowest BCUT2D eigenvalue weighted by atomic mass is 10.1. The van der Waals surface area contributed by atoms with Crippen LogP contribution in [-0.2, 0) is 17.9 Å². The van der Waals surface area contributed by atoms with Gasteiger partial charge in [0.2, 0.25) is 0 Å². The van der Waals surface area contributed by atoms with E-state index < -0.39 is 0 Å². The van der Waals surface area contributed by atoms with Gasteiger partial charge in [-0.15, -0.1) is 11.3 Å². The van der Waals surface area contributed by atoms with Gasteiger partial charge in [0.05, 0.1) is 13.2 Å². The predicted octanol–water partition coefficient (Wildman–Crippen LogP) is 2.37. The molecule has 2 N–H and O–H groups in total. The summed E-state index contributed by atoms with van der Waals surface area (Å²) in [4.78, 5) is 4.72. The third-order valence-corrected chi connectivity index (χ3v) is 4.31. The molecule has 0 saturated heterocycles. The maximum atomic E-state index is 5.81. The highest BCUT2D eigenvalue weighted by Crippen LogP contribution is 2.22. The first-order chi connectivity index (χ1) is 7.86. The van der Waals surface area contributed by atoms with E-state index in [2.05, 4.69) is 45.8 Å². The van der Waals surface area contributed by atoms with Crippen molar-refractivity contribution in [3.63, 3.8) is 0 Å². The van der Waals surface area contributed by atoms with Gasteiger partial charge in [-0.1, -0.05) is 0 Å². The number of nitrogens with zero attached hydrogens (tertiary/aromatic N) is 1. The normalized spacial score (nSPS) is 12.4. The molecule has 0 aliphatic carbocycles. The minimum atomic E-state index is 0.0701. The van der Waals surface area contributed by atoms with E-state index in [-0.39, 0.29) is 5.54 Å². The van der Waals surface area contributed by atoms with Crippen LogP contribution < -0.4 is 5.73 Å². The zero-order chi connectivity index (χ0) is 13.1. The summed E-state index contributed by atoms with van der Waals surface area (Å²) < 4.78 is 5.81. The first-order valence-corrected chi connectivity index (χ1v) is 6.72. The van der Waals surface area contributed by atoms with Crippen LogP contribution in [0.5, 0.6) is 0 Å². The SMILES string of the molecule is Cc1sc(CN)cc1COCC(C)(C)N(C)C. The van der Waals surface area contributed by atoms with E-state index in [1.165, 1.54) is 15.3 Å². The molecular formula is C13H24N2OS. The van der Waals surface area contributed by atoms with Crippen LogP contribution >= 0.6 is 11.3 Å². The molecule has 0 aliphatic heterocycles. The molecule has 0 atom stereocenters. The Bertz CT molecular complexity index is 358. The van der Waals surface area contributed by atoms with Crippen LogP contribution in [0.3, 0.4) is 0 Å². The van der Waals surface area contributed by atoms with Gasteiger partial charge >= 0.3 is 0 Å². The quantitative estimate of drug-likeness (QED) is 0.849. The van der Waals surface area contributed by atoms with Crippen LogP contribution in [0.15, 0.2) is 6.07 Å². The highest BCUT2D eigenvalue weighted by molar-refractivity contribution is 7.12. The van der Waals surface area contributed by atoms with Crippen LogP contribution in [0.2, 0.25) is 0 Å². The summed E-state index contributed by atoms with van der Waals surface area (Å²) in [7, 11) is 4.15. The average molecular weight is 256 g/mol. The lowest BCUT2D eigenvalue weighted by molar-refractivity contribution is 0.0274. The summed E-state index contributed by atoms with van der Waals surface area (Å²) in [6.07, 6.45) is 0. The van der Waals surface area contributed by atoms with E-state index in [0.717, 1.165) is 6.61 Å². The third kappa shape index (κ3) is 4.07. The minimum absolute atomic E-state index is 0.0701. The second-order valence-corrected chi connectivity index (χ2v) is 6.54. The molecule has 0 saturated carbocycles. The van der Waals surface area contributed by atoms with E-state index in [1.807, 2.05) is 0 Å². The summed E-state index contributed by atoms with van der Waals surface area (Å²) >= 11 is 1.76. The first-order valence-electron chi connectivity index (χ1n) is 5.90. The van der Waals surface area contributed by atoms with Crippen molar-refractivity contribution >= 4 is 11.3 Å². The van der Waals surface area contributed by atoms with E-state index in [9.17, 15) is 0 Å². The van der Waals surface area contributed by atoms with Crippen molar-refractivity contribution in [3.05, 3.63) is 21.4 Å². The van der Waals surface area contributed by atoms with Crippen molar-refractivity contribution in [3.8, 4) is 0 Å². The second-order valence-electron chi connectivity index (χ2n) is 5.20. The molecule has 4 heteroatoms. The summed E-state index contributed by atoms with van der Waals surface area (Å²) in [5.74, 6) is 0. The number of hydrogen-bond acceptors (Lipinski definition) is 4. The van der Waals surface area contributed by atoms with Gasteiger partial charge in [0.15, 0.2) is 0 Å². The molecule has 1 aromatic heterocycles. The molecule has 0 aliphatic rings. The molecule has 0 spiro atoms. The molecule has 0 unspecified atom stereocenters. The summed E-state index contributed by atoms with van der Waals surface area (Å²) in [5, 5.41) is 0. The molecule has 0 aromatic carbocycles. The van der Waals surface area contributed by atoms with Gasteiger partial charge in [0.25, 0.3) is 0 Å². The standard InChI is InChI=1S/C13H24N2OS/c1-10-11(6-12(7-14)17-10)8-16-9-13(2,3)15(4)5/h6H,7-9,14H2,1-5H3. The molecule has 17 heavy (non-hydrogen) atoms. The Labute approximate surface area is 109 Å². The molecule has 0 amide bonds. The number of likely N-dealkylation sites (N-methyl/N-ethyl adjacent to an activating group) is 1. The minimum Gasteiger partial charge on any atom is -0.375 e. The topological polar surface area (TPSA) is 38.5 Å². The zero-order valence-electron chi connectivity index (χ0n) is 11.5. The Kier molecular flexibility index (Phi) is 5.13. The van der Waals surface area contributed by atoms with E-state index in [4.69, 9.17) is 10.5 Å². The summed E-state index contributed by atoms with van der Waals surface area (Å²) in [6, 6.07) is 2.16. The molecule has 0 bridgehead atoms. The Morgan fingerprint density at radius 1 is 1.41 bits per heavy atom. The largest absolute Gasteiger partial charge is 0.375 e. The van der Waals surface area contributed by atoms with Crippen molar-refractivity contribution in [1.29, 1.82) is 0 Å². The number of aryl methyl sites for hydroxylation is 1. The van der Waals surface area contributed by atoms with Crippen molar-refractivity contribution in [2.75, 3.05) is 20.7 Å². The lowest BCUT2D eigenvalue weighted by Gasteiger charge is -2.32. The average Bonchev–Trinajstić information content (AvgIpc) is 2.59. The van der Waals surface area contributed by atoms with Crippen LogP contribution in [-0.4, -0.2) is 31.1 Å². The highest BCUT2D eigenvalue weighted by Gasteiger charge is 2.20. The molecule has 0 radical (unpaired) electrons. The van der Waals surface area contributed by atoms with Gasteiger partial charge in [0, 0.05) is 21.8 Å². The molecule has 98 valence electrons. The van der Waals surface area contributed by atoms with Crippen LogP contribution in [0.4, 0.5) is 0 Å². The van der Waals surface area contributed by atoms with Gasteiger partial charge < -0.3 is 15.4 Å². The van der Waals surface area contributed by atoms with E-state index in [1.54, 1.807) is 11.3 Å². The van der Waals surface area contributed by atoms with Gasteiger partial charge in [-0.05, 0) is 46.5 Å². The smallest absolute Gasteiger partial charge is 0.0728 e. The van der Waals surface area contributed by atoms with Crippen molar-refractivity contribution in [1.82, 2.24) is 4.90 Å². The maximum Gasteiger partial charge on any atom is 0.0728 e. The Hall–Kier alpha value is -0.420. The number of thiophene rings is 1. The van der Waals surface area contributed by atoms with Gasteiger partial charge in [-0.3, -0.25) is 0 Å². The van der Waals surface area contributed by atoms with Crippen molar-refractivity contribution in [2.45, 2.75) is 39.5 Å². The van der Waals surface area contributed by atoms with Crippen LogP contribution in [0.25, 0.3) is 0 Å². The van der Waals surface area contributed by atoms with Gasteiger partial charge in [-0.25, -0.2) is 0 Å². The molecule has 1 rings (SSSR count). The first kappa shape index (κ1) is 14.6. The summed E-state index contributed by atoms with van der Waals surface area (Å²) in [6.45, 7) is 8.51. The molecular weight excluding hydrogens is 232 g/mol. The number of hydrogen-bond donors (Lipinski definition) is 1. The van der Waals surface area contributed by atoms with Crippen LogP contribution in [0, 0.1) is 6.92 Å². The number of nitrogens with two attached hydrogens (primary N) is 1. The fraction of sp³-hybridized carbons (Fsp3) is 0.692. The zero-order valence-corrected chi connectivity index (χ0v) is 12.4. The number of ether oxygens (including phenoxy) is 1. The molecule has 0 fully saturated rings. The van der Waals surface area contributed by atoms with E-state index >= 15 is 0 Å². The Morgan fingerprint density at radius 3 is 2.53 bits per heavy atom. The highest BCUT2D eigenvalue weighted by atomic mass is 32.1. The second kappa shape index (κ2) is 5.96. The molecule has 1 aromatic rings. The fourth-order valence-corrected chi connectivity index (χ4v) is 2.30. The maximum absolute atomic E-state index is 5.81. The van der Waals surface area contributed by atoms with Crippen molar-refractivity contribution < 1.29 is 4.74 Å². The van der Waals surface area contributed by atoms with Crippen molar-refractivity contribution in [2.24, 2.45) is 5.73 Å². The Balaban J connectivity index is 2.48. The molecule has 1 heterocycles. The number of rotatable bonds is 6. The summed E-state index contributed by atoms with van der Waals surface area (Å²) in [5.41, 5.74) is 6.97. The fourth-order valence-electron chi connectivity index (χ4n) is 1.37. The monoisotopic (exact) mass is 256 g/mol. The predicted molar refractivity (Wildman–Crippen MR) is 74.4 cm³/mol. The molecule has 3 nitrogen and oxygen atoms in total. The van der Waals surface area contributed by atoms with Crippen LogP contribution in [0.1, 0.15) is 29.2 Å². The third-order valence-electron chi connectivity index (χ3n) is 3.20.